The fourth-order valence-electron chi connectivity index (χ4n) is 2.12. The number of pyridine rings is 1. The van der Waals surface area contributed by atoms with Crippen molar-refractivity contribution in [3.05, 3.63) is 23.9 Å². The van der Waals surface area contributed by atoms with Crippen LogP contribution in [0, 0.1) is 6.92 Å². The van der Waals surface area contributed by atoms with Crippen molar-refractivity contribution in [1.29, 1.82) is 0 Å². The molecule has 1 atom stereocenters. The van der Waals surface area contributed by atoms with Crippen LogP contribution in [0.5, 0.6) is 5.88 Å². The SMILES string of the molecule is Cc1ccc(OC2CCN(C(=O)CCCCl)C2)nc1. The summed E-state index contributed by atoms with van der Waals surface area (Å²) in [4.78, 5) is 17.9. The molecule has 0 aromatic carbocycles. The molecule has 1 unspecified atom stereocenters. The van der Waals surface area contributed by atoms with Gasteiger partial charge in [-0.2, -0.15) is 0 Å². The summed E-state index contributed by atoms with van der Waals surface area (Å²) in [5.41, 5.74) is 1.11. The molecule has 1 aromatic heterocycles. The number of hydrogen-bond acceptors (Lipinski definition) is 3. The van der Waals surface area contributed by atoms with Gasteiger partial charge in [-0.1, -0.05) is 6.07 Å². The average Bonchev–Trinajstić information content (AvgIpc) is 2.87. The van der Waals surface area contributed by atoms with Gasteiger partial charge in [0.25, 0.3) is 0 Å². The zero-order chi connectivity index (χ0) is 13.7. The van der Waals surface area contributed by atoms with Crippen LogP contribution in [-0.4, -0.2) is 40.9 Å². The predicted octanol–water partition coefficient (Wildman–Crippen LogP) is 2.39. The van der Waals surface area contributed by atoms with E-state index in [1.165, 1.54) is 0 Å². The van der Waals surface area contributed by atoms with Gasteiger partial charge in [0.15, 0.2) is 0 Å². The molecule has 1 fully saturated rings. The molecule has 104 valence electrons. The quantitative estimate of drug-likeness (QED) is 0.779. The van der Waals surface area contributed by atoms with Gasteiger partial charge in [0.2, 0.25) is 11.8 Å². The molecule has 2 rings (SSSR count). The monoisotopic (exact) mass is 282 g/mol. The Labute approximate surface area is 118 Å². The molecule has 1 amide bonds. The average molecular weight is 283 g/mol. The molecule has 0 spiro atoms. The number of hydrogen-bond donors (Lipinski definition) is 0. The van der Waals surface area contributed by atoms with E-state index < -0.39 is 0 Å². The number of ether oxygens (including phenoxy) is 1. The molecule has 1 aliphatic rings. The largest absolute Gasteiger partial charge is 0.472 e. The maximum absolute atomic E-state index is 11.8. The van der Waals surface area contributed by atoms with E-state index >= 15 is 0 Å². The molecular weight excluding hydrogens is 264 g/mol. The first-order valence-electron chi connectivity index (χ1n) is 6.62. The minimum atomic E-state index is 0.0511. The van der Waals surface area contributed by atoms with Gasteiger partial charge >= 0.3 is 0 Å². The number of rotatable bonds is 5. The number of likely N-dealkylation sites (tertiary alicyclic amines) is 1. The van der Waals surface area contributed by atoms with E-state index in [0.29, 0.717) is 24.7 Å². The Morgan fingerprint density at radius 3 is 3.11 bits per heavy atom. The van der Waals surface area contributed by atoms with Gasteiger partial charge in [-0.3, -0.25) is 4.79 Å². The van der Waals surface area contributed by atoms with Crippen molar-refractivity contribution in [2.75, 3.05) is 19.0 Å². The van der Waals surface area contributed by atoms with Crippen LogP contribution in [0.1, 0.15) is 24.8 Å². The number of halogens is 1. The Morgan fingerprint density at radius 1 is 1.58 bits per heavy atom. The minimum Gasteiger partial charge on any atom is -0.472 e. The van der Waals surface area contributed by atoms with Crippen LogP contribution >= 0.6 is 11.6 Å². The van der Waals surface area contributed by atoms with Crippen LogP contribution in [0.3, 0.4) is 0 Å². The highest BCUT2D eigenvalue weighted by molar-refractivity contribution is 6.17. The zero-order valence-corrected chi connectivity index (χ0v) is 11.9. The first kappa shape index (κ1) is 14.1. The molecule has 5 heteroatoms. The van der Waals surface area contributed by atoms with Crippen molar-refractivity contribution >= 4 is 17.5 Å². The van der Waals surface area contributed by atoms with Gasteiger partial charge in [0, 0.05) is 37.5 Å². The molecule has 19 heavy (non-hydrogen) atoms. The third-order valence-corrected chi connectivity index (χ3v) is 3.46. The summed E-state index contributed by atoms with van der Waals surface area (Å²) in [5.74, 6) is 1.33. The van der Waals surface area contributed by atoms with Gasteiger partial charge in [-0.25, -0.2) is 4.98 Å². The Bertz CT molecular complexity index is 422. The van der Waals surface area contributed by atoms with Gasteiger partial charge in [-0.05, 0) is 18.9 Å². The Hall–Kier alpha value is -1.29. The van der Waals surface area contributed by atoms with Crippen LogP contribution in [0.4, 0.5) is 0 Å². The van der Waals surface area contributed by atoms with E-state index in [2.05, 4.69) is 4.98 Å². The number of alkyl halides is 1. The molecule has 0 bridgehead atoms. The highest BCUT2D eigenvalue weighted by Gasteiger charge is 2.27. The van der Waals surface area contributed by atoms with Crippen molar-refractivity contribution in [3.63, 3.8) is 0 Å². The van der Waals surface area contributed by atoms with Crippen molar-refractivity contribution in [3.8, 4) is 5.88 Å². The summed E-state index contributed by atoms with van der Waals surface area (Å²) >= 11 is 5.60. The maximum atomic E-state index is 11.8. The molecule has 0 aliphatic carbocycles. The number of aryl methyl sites for hydroxylation is 1. The summed E-state index contributed by atoms with van der Waals surface area (Å²) in [5, 5.41) is 0. The van der Waals surface area contributed by atoms with Crippen molar-refractivity contribution in [2.24, 2.45) is 0 Å². The van der Waals surface area contributed by atoms with Crippen LogP contribution < -0.4 is 4.74 Å². The molecular formula is C14H19ClN2O2. The zero-order valence-electron chi connectivity index (χ0n) is 11.1. The third kappa shape index (κ3) is 4.10. The highest BCUT2D eigenvalue weighted by Crippen LogP contribution is 2.17. The van der Waals surface area contributed by atoms with Crippen LogP contribution in [0.25, 0.3) is 0 Å². The summed E-state index contributed by atoms with van der Waals surface area (Å²) < 4.78 is 5.78. The van der Waals surface area contributed by atoms with E-state index in [1.807, 2.05) is 24.0 Å². The Kier molecular flexibility index (Phi) is 5.02. The molecule has 1 aromatic rings. The third-order valence-electron chi connectivity index (χ3n) is 3.19. The Morgan fingerprint density at radius 2 is 2.42 bits per heavy atom. The Balaban J connectivity index is 1.81. The predicted molar refractivity (Wildman–Crippen MR) is 74.5 cm³/mol. The number of aromatic nitrogens is 1. The van der Waals surface area contributed by atoms with Gasteiger partial charge in [0.05, 0.1) is 6.54 Å². The van der Waals surface area contributed by atoms with E-state index in [1.54, 1.807) is 6.20 Å². The second-order valence-electron chi connectivity index (χ2n) is 4.83. The fraction of sp³-hybridized carbons (Fsp3) is 0.571. The number of carbonyl (C=O) groups excluding carboxylic acids is 1. The smallest absolute Gasteiger partial charge is 0.222 e. The topological polar surface area (TPSA) is 42.4 Å². The van der Waals surface area contributed by atoms with Crippen LogP contribution in [-0.2, 0) is 4.79 Å². The minimum absolute atomic E-state index is 0.0511. The highest BCUT2D eigenvalue weighted by atomic mass is 35.5. The van der Waals surface area contributed by atoms with Crippen molar-refractivity contribution in [1.82, 2.24) is 9.88 Å². The molecule has 1 saturated heterocycles. The molecule has 0 N–H and O–H groups in total. The molecule has 1 aliphatic heterocycles. The van der Waals surface area contributed by atoms with Gasteiger partial charge < -0.3 is 9.64 Å². The lowest BCUT2D eigenvalue weighted by molar-refractivity contribution is -0.130. The standard InChI is InChI=1S/C14H19ClN2O2/c1-11-4-5-13(16-9-11)19-12-6-8-17(10-12)14(18)3-2-7-15/h4-5,9,12H,2-3,6-8,10H2,1H3. The summed E-state index contributed by atoms with van der Waals surface area (Å²) in [7, 11) is 0. The lowest BCUT2D eigenvalue weighted by atomic mass is 10.3. The number of amides is 1. The summed E-state index contributed by atoms with van der Waals surface area (Å²) in [6, 6.07) is 3.84. The van der Waals surface area contributed by atoms with E-state index in [9.17, 15) is 4.79 Å². The van der Waals surface area contributed by atoms with Gasteiger partial charge in [-0.15, -0.1) is 11.6 Å². The molecule has 2 heterocycles. The number of nitrogens with zero attached hydrogens (tertiary/aromatic N) is 2. The fourth-order valence-corrected chi connectivity index (χ4v) is 2.26. The van der Waals surface area contributed by atoms with Crippen molar-refractivity contribution < 1.29 is 9.53 Å². The summed E-state index contributed by atoms with van der Waals surface area (Å²) in [6.07, 6.45) is 3.96. The first-order valence-corrected chi connectivity index (χ1v) is 7.15. The first-order chi connectivity index (χ1) is 9.19. The lowest BCUT2D eigenvalue weighted by Gasteiger charge is -2.16. The second-order valence-corrected chi connectivity index (χ2v) is 5.21. The van der Waals surface area contributed by atoms with E-state index in [0.717, 1.165) is 24.9 Å². The van der Waals surface area contributed by atoms with E-state index in [-0.39, 0.29) is 12.0 Å². The van der Waals surface area contributed by atoms with Crippen LogP contribution in [0.15, 0.2) is 18.3 Å². The number of carbonyl (C=O) groups is 1. The molecule has 0 saturated carbocycles. The normalized spacial score (nSPS) is 18.6. The second kappa shape index (κ2) is 6.75. The van der Waals surface area contributed by atoms with Crippen LogP contribution in [0.2, 0.25) is 0 Å². The maximum Gasteiger partial charge on any atom is 0.222 e. The summed E-state index contributed by atoms with van der Waals surface area (Å²) in [6.45, 7) is 3.40. The van der Waals surface area contributed by atoms with Crippen molar-refractivity contribution in [2.45, 2.75) is 32.3 Å². The lowest BCUT2D eigenvalue weighted by Crippen LogP contribution is -2.30. The van der Waals surface area contributed by atoms with Gasteiger partial charge in [0.1, 0.15) is 6.10 Å². The molecule has 0 radical (unpaired) electrons. The van der Waals surface area contributed by atoms with E-state index in [4.69, 9.17) is 16.3 Å². The molecule has 4 nitrogen and oxygen atoms in total.